The minimum absolute atomic E-state index is 0.152. The summed E-state index contributed by atoms with van der Waals surface area (Å²) in [6, 6.07) is 0. The number of ether oxygens (including phenoxy) is 6. The number of carbonyl (C=O) groups is 2. The fourth-order valence-electron chi connectivity index (χ4n) is 9.00. The van der Waals surface area contributed by atoms with E-state index in [4.69, 9.17) is 28.4 Å². The van der Waals surface area contributed by atoms with E-state index in [0.29, 0.717) is 12.8 Å². The quantitative estimate of drug-likeness (QED) is 0.0171. The summed E-state index contributed by atoms with van der Waals surface area (Å²) in [7, 11) is 0. The van der Waals surface area contributed by atoms with E-state index in [0.717, 1.165) is 64.2 Å². The molecule has 7 N–H and O–H groups in total. The van der Waals surface area contributed by atoms with Gasteiger partial charge in [0.1, 0.15) is 55.4 Å². The molecule has 2 saturated heterocycles. The summed E-state index contributed by atoms with van der Waals surface area (Å²) in [4.78, 5) is 25.8. The average molecular weight is 1020 g/mol. The predicted molar refractivity (Wildman–Crippen MR) is 275 cm³/mol. The fraction of sp³-hybridized carbons (Fsp3) is 0.893. The molecule has 2 heterocycles. The minimum atomic E-state index is -1.77. The summed E-state index contributed by atoms with van der Waals surface area (Å²) < 4.78 is 33.6. The van der Waals surface area contributed by atoms with Crippen LogP contribution in [0.5, 0.6) is 0 Å². The lowest BCUT2D eigenvalue weighted by molar-refractivity contribution is -0.332. The summed E-state index contributed by atoms with van der Waals surface area (Å²) in [5, 5.41) is 72.2. The van der Waals surface area contributed by atoms with Gasteiger partial charge in [-0.1, -0.05) is 199 Å². The Kier molecular flexibility index (Phi) is 39.6. The first-order valence-electron chi connectivity index (χ1n) is 28.4. The number of unbranched alkanes of at least 4 members (excludes halogenated alkanes) is 27. The SMILES string of the molecule is CCCC/C=C/C/C=C/CCCCCCCC(=O)O[C@@H](COC(=O)CCCCCCCCCCCCCCCCCCCCCCC)CO[C@@H]1O[C@H](CO[C@@H]2O[C@H](CO)[C@H](O)C(O)C2O)[C@H](O)C(O)C1O. The van der Waals surface area contributed by atoms with E-state index in [1.165, 1.54) is 122 Å². The first-order chi connectivity index (χ1) is 34.5. The van der Waals surface area contributed by atoms with Crippen molar-refractivity contribution in [2.75, 3.05) is 26.4 Å². The maximum atomic E-state index is 13.0. The molecule has 2 aliphatic heterocycles. The Morgan fingerprint density at radius 1 is 0.451 bits per heavy atom. The van der Waals surface area contributed by atoms with Gasteiger partial charge in [-0.05, 0) is 38.5 Å². The lowest BCUT2D eigenvalue weighted by Gasteiger charge is -2.42. The maximum Gasteiger partial charge on any atom is 0.306 e. The van der Waals surface area contributed by atoms with E-state index in [-0.39, 0.29) is 26.1 Å². The Morgan fingerprint density at radius 3 is 1.35 bits per heavy atom. The van der Waals surface area contributed by atoms with Crippen molar-refractivity contribution in [2.45, 2.75) is 293 Å². The summed E-state index contributed by atoms with van der Waals surface area (Å²) in [6.45, 7) is 2.57. The van der Waals surface area contributed by atoms with Crippen LogP contribution in [0, 0.1) is 0 Å². The van der Waals surface area contributed by atoms with Crippen molar-refractivity contribution in [1.29, 1.82) is 0 Å². The van der Waals surface area contributed by atoms with Gasteiger partial charge in [0.2, 0.25) is 0 Å². The van der Waals surface area contributed by atoms with Crippen molar-refractivity contribution >= 4 is 11.9 Å². The van der Waals surface area contributed by atoms with Gasteiger partial charge in [0, 0.05) is 12.8 Å². The number of esters is 2. The smallest absolute Gasteiger partial charge is 0.306 e. The molecule has 0 saturated carbocycles. The van der Waals surface area contributed by atoms with E-state index >= 15 is 0 Å². The third-order valence-electron chi connectivity index (χ3n) is 13.7. The van der Waals surface area contributed by atoms with Gasteiger partial charge in [0.15, 0.2) is 18.7 Å². The zero-order valence-electron chi connectivity index (χ0n) is 44.2. The molecule has 15 nitrogen and oxygen atoms in total. The Balaban J connectivity index is 1.74. The van der Waals surface area contributed by atoms with E-state index in [1.54, 1.807) is 0 Å². The van der Waals surface area contributed by atoms with Gasteiger partial charge in [-0.3, -0.25) is 9.59 Å². The molecule has 2 rings (SSSR count). The molecule has 0 radical (unpaired) electrons. The third kappa shape index (κ3) is 30.8. The Hall–Kier alpha value is -2.02. The van der Waals surface area contributed by atoms with E-state index in [2.05, 4.69) is 38.2 Å². The molecule has 2 aliphatic rings. The highest BCUT2D eigenvalue weighted by Gasteiger charge is 2.47. The molecule has 0 aromatic heterocycles. The van der Waals surface area contributed by atoms with Gasteiger partial charge in [0.05, 0.1) is 19.8 Å². The zero-order chi connectivity index (χ0) is 51.7. The minimum Gasteiger partial charge on any atom is -0.462 e. The van der Waals surface area contributed by atoms with Gasteiger partial charge in [-0.2, -0.15) is 0 Å². The van der Waals surface area contributed by atoms with Crippen LogP contribution in [0.2, 0.25) is 0 Å². The number of aliphatic hydroxyl groups is 7. The number of aliphatic hydroxyl groups excluding tert-OH is 7. The van der Waals surface area contributed by atoms with Gasteiger partial charge in [-0.15, -0.1) is 0 Å². The Morgan fingerprint density at radius 2 is 0.859 bits per heavy atom. The van der Waals surface area contributed by atoms with Crippen molar-refractivity contribution in [2.24, 2.45) is 0 Å². The highest BCUT2D eigenvalue weighted by Crippen LogP contribution is 2.27. The Bertz CT molecular complexity index is 1330. The second-order valence-electron chi connectivity index (χ2n) is 20.1. The molecule has 0 amide bonds. The topological polar surface area (TPSA) is 231 Å². The molecule has 0 spiro atoms. The van der Waals surface area contributed by atoms with E-state index in [9.17, 15) is 45.3 Å². The van der Waals surface area contributed by atoms with Crippen molar-refractivity contribution in [3.63, 3.8) is 0 Å². The number of allylic oxidation sites excluding steroid dienone is 4. The van der Waals surface area contributed by atoms with Gasteiger partial charge < -0.3 is 64.2 Å². The predicted octanol–water partition coefficient (Wildman–Crippen LogP) is 9.11. The lowest BCUT2D eigenvalue weighted by Crippen LogP contribution is -2.61. The molecule has 0 aliphatic carbocycles. The number of hydrogen-bond acceptors (Lipinski definition) is 15. The summed E-state index contributed by atoms with van der Waals surface area (Å²) in [5.41, 5.74) is 0. The molecular weight excluding hydrogens is 913 g/mol. The molecule has 11 atom stereocenters. The van der Waals surface area contributed by atoms with Crippen molar-refractivity contribution < 1.29 is 73.8 Å². The van der Waals surface area contributed by atoms with Crippen LogP contribution in [0.25, 0.3) is 0 Å². The van der Waals surface area contributed by atoms with Crippen LogP contribution in [0.4, 0.5) is 0 Å². The number of carbonyl (C=O) groups excluding carboxylic acids is 2. The lowest BCUT2D eigenvalue weighted by atomic mass is 9.98. The number of hydrogen-bond donors (Lipinski definition) is 7. The second-order valence-corrected chi connectivity index (χ2v) is 20.1. The van der Waals surface area contributed by atoms with Gasteiger partial charge in [-0.25, -0.2) is 0 Å². The van der Waals surface area contributed by atoms with Crippen LogP contribution >= 0.6 is 0 Å². The monoisotopic (exact) mass is 1010 g/mol. The second kappa shape index (κ2) is 43.2. The van der Waals surface area contributed by atoms with Crippen molar-refractivity contribution in [3.8, 4) is 0 Å². The average Bonchev–Trinajstić information content (AvgIpc) is 3.36. The standard InChI is InChI=1S/C56H102O15/c1-3-5-7-9-11-13-15-17-19-20-21-22-23-24-25-27-28-30-32-34-36-38-47(58)66-41-44(69-48(59)39-37-35-33-31-29-26-18-16-14-12-10-8-6-4-2)42-67-55-54(65)52(63)50(61)46(71-55)43-68-56-53(64)51(62)49(60)45(40-57)70-56/h10,12,16,18,44-46,49-57,60-65H,3-9,11,13-15,17,19-43H2,1-2H3/b12-10+,18-16+/t44-,45+,46+,49-,50-,51?,52?,53?,54?,55+,56+/m0/s1. The highest BCUT2D eigenvalue weighted by molar-refractivity contribution is 5.70. The van der Waals surface area contributed by atoms with Crippen LogP contribution in [0.15, 0.2) is 24.3 Å². The summed E-state index contributed by atoms with van der Waals surface area (Å²) >= 11 is 0. The maximum absolute atomic E-state index is 13.0. The third-order valence-corrected chi connectivity index (χ3v) is 13.7. The van der Waals surface area contributed by atoms with E-state index in [1.807, 2.05) is 0 Å². The molecule has 71 heavy (non-hydrogen) atoms. The normalized spacial score (nSPS) is 25.3. The molecular formula is C56H102O15. The summed E-state index contributed by atoms with van der Waals surface area (Å²) in [5.74, 6) is -0.930. The Labute approximate surface area is 428 Å². The molecule has 2 fully saturated rings. The molecule has 15 heteroatoms. The van der Waals surface area contributed by atoms with Crippen LogP contribution in [0.1, 0.15) is 226 Å². The fourth-order valence-corrected chi connectivity index (χ4v) is 9.00. The van der Waals surface area contributed by atoms with Crippen molar-refractivity contribution in [1.82, 2.24) is 0 Å². The van der Waals surface area contributed by atoms with Gasteiger partial charge in [0.25, 0.3) is 0 Å². The molecule has 0 aromatic carbocycles. The van der Waals surface area contributed by atoms with Crippen LogP contribution in [-0.4, -0.2) is 142 Å². The van der Waals surface area contributed by atoms with Crippen LogP contribution < -0.4 is 0 Å². The zero-order valence-corrected chi connectivity index (χ0v) is 44.2. The number of rotatable bonds is 45. The van der Waals surface area contributed by atoms with E-state index < -0.39 is 92.7 Å². The van der Waals surface area contributed by atoms with Crippen LogP contribution in [-0.2, 0) is 38.0 Å². The molecule has 0 bridgehead atoms. The first kappa shape index (κ1) is 65.1. The van der Waals surface area contributed by atoms with Gasteiger partial charge >= 0.3 is 11.9 Å². The molecule has 4 unspecified atom stereocenters. The molecule has 416 valence electrons. The van der Waals surface area contributed by atoms with Crippen molar-refractivity contribution in [3.05, 3.63) is 24.3 Å². The first-order valence-corrected chi connectivity index (χ1v) is 28.4. The highest BCUT2D eigenvalue weighted by atomic mass is 16.7. The van der Waals surface area contributed by atoms with Crippen LogP contribution in [0.3, 0.4) is 0 Å². The largest absolute Gasteiger partial charge is 0.462 e. The molecule has 0 aromatic rings. The summed E-state index contributed by atoms with van der Waals surface area (Å²) in [6.07, 6.45) is 29.2.